The molecule has 1 heterocycles. The molecule has 1 rings (SSSR count). The first-order valence-electron chi connectivity index (χ1n) is 6.75. The van der Waals surface area contributed by atoms with Gasteiger partial charge in [0.2, 0.25) is 5.91 Å². The van der Waals surface area contributed by atoms with Gasteiger partial charge in [0, 0.05) is 39.3 Å². The summed E-state index contributed by atoms with van der Waals surface area (Å²) in [4.78, 5) is 16.5. The molecule has 0 aromatic rings. The zero-order valence-corrected chi connectivity index (χ0v) is 12.2. The molecule has 5 nitrogen and oxygen atoms in total. The van der Waals surface area contributed by atoms with Crippen molar-refractivity contribution in [1.29, 1.82) is 0 Å². The van der Waals surface area contributed by atoms with Crippen LogP contribution in [0, 0.1) is 5.41 Å². The molecule has 0 saturated carbocycles. The first kappa shape index (κ1) is 15.4. The Morgan fingerprint density at radius 3 is 2.33 bits per heavy atom. The molecule has 0 aromatic carbocycles. The summed E-state index contributed by atoms with van der Waals surface area (Å²) >= 11 is 0. The van der Waals surface area contributed by atoms with Gasteiger partial charge in [0.1, 0.15) is 0 Å². The number of carbonyl (C=O) groups excluding carboxylic acids is 1. The molecule has 1 amide bonds. The van der Waals surface area contributed by atoms with Gasteiger partial charge in [-0.3, -0.25) is 9.69 Å². The molecule has 0 aliphatic carbocycles. The van der Waals surface area contributed by atoms with E-state index in [4.69, 9.17) is 5.73 Å². The van der Waals surface area contributed by atoms with Gasteiger partial charge >= 0.3 is 0 Å². The number of hydrogen-bond donors (Lipinski definition) is 2. The maximum absolute atomic E-state index is 11.8. The lowest BCUT2D eigenvalue weighted by Crippen LogP contribution is -2.51. The molecule has 0 spiro atoms. The summed E-state index contributed by atoms with van der Waals surface area (Å²) in [5, 5.41) is 2.93. The number of likely N-dealkylation sites (N-methyl/N-ethyl adjacent to an activating group) is 1. The second-order valence-corrected chi connectivity index (χ2v) is 6.28. The van der Waals surface area contributed by atoms with Gasteiger partial charge in [0.05, 0.1) is 6.04 Å². The van der Waals surface area contributed by atoms with Crippen molar-refractivity contribution in [3.8, 4) is 0 Å². The van der Waals surface area contributed by atoms with Crippen LogP contribution >= 0.6 is 0 Å². The van der Waals surface area contributed by atoms with Gasteiger partial charge in [-0.05, 0) is 12.5 Å². The van der Waals surface area contributed by atoms with Gasteiger partial charge in [-0.25, -0.2) is 0 Å². The maximum Gasteiger partial charge on any atom is 0.237 e. The van der Waals surface area contributed by atoms with Crippen LogP contribution in [0.1, 0.15) is 20.8 Å². The van der Waals surface area contributed by atoms with Crippen molar-refractivity contribution in [3.63, 3.8) is 0 Å². The highest BCUT2D eigenvalue weighted by Crippen LogP contribution is 2.16. The summed E-state index contributed by atoms with van der Waals surface area (Å²) in [6.45, 7) is 11.9. The van der Waals surface area contributed by atoms with E-state index in [9.17, 15) is 4.79 Å². The number of carbonyl (C=O) groups is 1. The second-order valence-electron chi connectivity index (χ2n) is 6.28. The van der Waals surface area contributed by atoms with Gasteiger partial charge in [0.25, 0.3) is 0 Å². The molecular formula is C13H28N4O. The van der Waals surface area contributed by atoms with Crippen LogP contribution in [-0.2, 0) is 4.79 Å². The largest absolute Gasteiger partial charge is 0.353 e. The Morgan fingerprint density at radius 2 is 1.83 bits per heavy atom. The van der Waals surface area contributed by atoms with Crippen molar-refractivity contribution in [2.45, 2.75) is 26.8 Å². The van der Waals surface area contributed by atoms with E-state index in [-0.39, 0.29) is 11.3 Å². The van der Waals surface area contributed by atoms with Crippen molar-refractivity contribution in [1.82, 2.24) is 15.1 Å². The molecule has 1 fully saturated rings. The van der Waals surface area contributed by atoms with E-state index in [0.29, 0.717) is 6.54 Å². The first-order valence-corrected chi connectivity index (χ1v) is 6.75. The van der Waals surface area contributed by atoms with Crippen LogP contribution in [0.2, 0.25) is 0 Å². The van der Waals surface area contributed by atoms with E-state index in [0.717, 1.165) is 32.7 Å². The SMILES string of the molecule is CN1CCN(CCNC(=O)[C@@H](N)C(C)(C)C)CC1. The maximum atomic E-state index is 11.8. The van der Waals surface area contributed by atoms with Gasteiger partial charge < -0.3 is 16.0 Å². The molecule has 0 radical (unpaired) electrons. The van der Waals surface area contributed by atoms with Crippen LogP contribution in [0.4, 0.5) is 0 Å². The minimum Gasteiger partial charge on any atom is -0.353 e. The number of rotatable bonds is 4. The average Bonchev–Trinajstić information content (AvgIpc) is 2.29. The lowest BCUT2D eigenvalue weighted by Gasteiger charge is -2.32. The molecule has 18 heavy (non-hydrogen) atoms. The fourth-order valence-electron chi connectivity index (χ4n) is 1.91. The normalized spacial score (nSPS) is 20.7. The minimum atomic E-state index is -0.440. The summed E-state index contributed by atoms with van der Waals surface area (Å²) in [6.07, 6.45) is 0. The molecule has 1 aliphatic heterocycles. The smallest absolute Gasteiger partial charge is 0.237 e. The van der Waals surface area contributed by atoms with Gasteiger partial charge in [-0.15, -0.1) is 0 Å². The highest BCUT2D eigenvalue weighted by Gasteiger charge is 2.27. The summed E-state index contributed by atoms with van der Waals surface area (Å²) in [5.74, 6) is -0.0448. The van der Waals surface area contributed by atoms with E-state index < -0.39 is 6.04 Å². The third kappa shape index (κ3) is 4.92. The van der Waals surface area contributed by atoms with E-state index in [1.54, 1.807) is 0 Å². The lowest BCUT2D eigenvalue weighted by atomic mass is 9.87. The first-order chi connectivity index (χ1) is 8.30. The molecule has 1 atom stereocenters. The summed E-state index contributed by atoms with van der Waals surface area (Å²) in [6, 6.07) is -0.440. The van der Waals surface area contributed by atoms with Crippen LogP contribution in [0.5, 0.6) is 0 Å². The van der Waals surface area contributed by atoms with Crippen molar-refractivity contribution < 1.29 is 4.79 Å². The van der Waals surface area contributed by atoms with Crippen molar-refractivity contribution >= 4 is 5.91 Å². The van der Waals surface area contributed by atoms with Crippen LogP contribution in [-0.4, -0.2) is 68.1 Å². The van der Waals surface area contributed by atoms with Gasteiger partial charge in [0.15, 0.2) is 0 Å². The monoisotopic (exact) mass is 256 g/mol. The topological polar surface area (TPSA) is 61.6 Å². The van der Waals surface area contributed by atoms with Crippen molar-refractivity contribution in [2.75, 3.05) is 46.3 Å². The third-order valence-corrected chi connectivity index (χ3v) is 3.54. The Kier molecular flexibility index (Phi) is 5.56. The van der Waals surface area contributed by atoms with Gasteiger partial charge in [-0.2, -0.15) is 0 Å². The quantitative estimate of drug-likeness (QED) is 0.726. The van der Waals surface area contributed by atoms with Crippen LogP contribution < -0.4 is 11.1 Å². The molecule has 0 unspecified atom stereocenters. The summed E-state index contributed by atoms with van der Waals surface area (Å²) in [5.41, 5.74) is 5.72. The summed E-state index contributed by atoms with van der Waals surface area (Å²) < 4.78 is 0. The number of nitrogens with zero attached hydrogens (tertiary/aromatic N) is 2. The molecule has 1 saturated heterocycles. The van der Waals surface area contributed by atoms with E-state index in [1.807, 2.05) is 20.8 Å². The number of nitrogens with one attached hydrogen (secondary N) is 1. The second kappa shape index (κ2) is 6.50. The minimum absolute atomic E-state index is 0.0448. The van der Waals surface area contributed by atoms with E-state index in [1.165, 1.54) is 0 Å². The highest BCUT2D eigenvalue weighted by atomic mass is 16.2. The Balaban J connectivity index is 2.20. The fourth-order valence-corrected chi connectivity index (χ4v) is 1.91. The van der Waals surface area contributed by atoms with Crippen LogP contribution in [0.3, 0.4) is 0 Å². The molecule has 106 valence electrons. The number of nitrogens with two attached hydrogens (primary N) is 1. The molecular weight excluding hydrogens is 228 g/mol. The average molecular weight is 256 g/mol. The lowest BCUT2D eigenvalue weighted by molar-refractivity contribution is -0.124. The van der Waals surface area contributed by atoms with Crippen molar-refractivity contribution in [2.24, 2.45) is 11.1 Å². The van der Waals surface area contributed by atoms with E-state index >= 15 is 0 Å². The Bertz CT molecular complexity index is 267. The molecule has 5 heteroatoms. The highest BCUT2D eigenvalue weighted by molar-refractivity contribution is 5.82. The van der Waals surface area contributed by atoms with Crippen molar-refractivity contribution in [3.05, 3.63) is 0 Å². The summed E-state index contributed by atoms with van der Waals surface area (Å²) in [7, 11) is 2.14. The third-order valence-electron chi connectivity index (χ3n) is 3.54. The Labute approximate surface area is 111 Å². The zero-order chi connectivity index (χ0) is 13.8. The number of amides is 1. The Morgan fingerprint density at radius 1 is 1.28 bits per heavy atom. The predicted octanol–water partition coefficient (Wildman–Crippen LogP) is -0.277. The fraction of sp³-hybridized carbons (Fsp3) is 0.923. The molecule has 0 bridgehead atoms. The van der Waals surface area contributed by atoms with E-state index in [2.05, 4.69) is 22.2 Å². The Hall–Kier alpha value is -0.650. The molecule has 0 aromatic heterocycles. The number of piperazine rings is 1. The zero-order valence-electron chi connectivity index (χ0n) is 12.2. The van der Waals surface area contributed by atoms with Gasteiger partial charge in [-0.1, -0.05) is 20.8 Å². The van der Waals surface area contributed by atoms with Crippen LogP contribution in [0.15, 0.2) is 0 Å². The molecule has 3 N–H and O–H groups in total. The number of hydrogen-bond acceptors (Lipinski definition) is 4. The van der Waals surface area contributed by atoms with Crippen LogP contribution in [0.25, 0.3) is 0 Å². The predicted molar refractivity (Wildman–Crippen MR) is 74.4 cm³/mol. The standard InChI is InChI=1S/C13H28N4O/c1-13(2,3)11(14)12(18)15-5-6-17-9-7-16(4)8-10-17/h11H,5-10,14H2,1-4H3,(H,15,18)/t11-/m1/s1. The molecule has 1 aliphatic rings.